The first-order chi connectivity index (χ1) is 12.4. The van der Waals surface area contributed by atoms with Crippen LogP contribution in [0.4, 0.5) is 9.52 Å². The Balaban J connectivity index is 1.85. The van der Waals surface area contributed by atoms with Gasteiger partial charge in [0.2, 0.25) is 0 Å². The number of carbonyl (C=O) groups is 3. The summed E-state index contributed by atoms with van der Waals surface area (Å²) in [5, 5.41) is 4.42. The second kappa shape index (κ2) is 9.25. The molecule has 0 aliphatic rings. The topological polar surface area (TPSA) is 94.6 Å². The third-order valence-corrected chi connectivity index (χ3v) is 3.95. The number of hydrogen-bond donors (Lipinski definition) is 1. The summed E-state index contributed by atoms with van der Waals surface area (Å²) < 4.78 is 23.1. The van der Waals surface area contributed by atoms with Crippen molar-refractivity contribution in [1.82, 2.24) is 4.98 Å². The average molecular weight is 401 g/mol. The summed E-state index contributed by atoms with van der Waals surface area (Å²) in [6.07, 6.45) is -0.0107. The highest BCUT2D eigenvalue weighted by Gasteiger charge is 2.16. The Labute approximate surface area is 157 Å². The fourth-order valence-electron chi connectivity index (χ4n) is 1.82. The molecule has 0 aliphatic heterocycles. The number of benzene rings is 1. The minimum atomic E-state index is -1.01. The van der Waals surface area contributed by atoms with Crippen molar-refractivity contribution < 1.29 is 28.2 Å². The predicted octanol–water partition coefficient (Wildman–Crippen LogP) is 2.84. The number of thiazole rings is 1. The highest BCUT2D eigenvalue weighted by molar-refractivity contribution is 7.13. The summed E-state index contributed by atoms with van der Waals surface area (Å²) in [4.78, 5) is 39.0. The van der Waals surface area contributed by atoms with Gasteiger partial charge in [0.05, 0.1) is 24.3 Å². The van der Waals surface area contributed by atoms with Gasteiger partial charge in [-0.15, -0.1) is 11.3 Å². The van der Waals surface area contributed by atoms with Crippen molar-refractivity contribution in [2.75, 3.05) is 18.5 Å². The number of halogens is 2. The average Bonchev–Trinajstić information content (AvgIpc) is 3.01. The van der Waals surface area contributed by atoms with Crippen molar-refractivity contribution in [3.8, 4) is 0 Å². The van der Waals surface area contributed by atoms with Crippen LogP contribution in [-0.2, 0) is 25.5 Å². The SMILES string of the molecule is CCOC(=O)Cc1csc(NC(=O)COC(=O)c2cc(Cl)ccc2F)n1. The molecule has 2 rings (SSSR count). The van der Waals surface area contributed by atoms with E-state index in [1.54, 1.807) is 12.3 Å². The number of hydrogen-bond acceptors (Lipinski definition) is 7. The Morgan fingerprint density at radius 1 is 1.31 bits per heavy atom. The van der Waals surface area contributed by atoms with E-state index in [0.29, 0.717) is 5.69 Å². The van der Waals surface area contributed by atoms with E-state index in [2.05, 4.69) is 10.3 Å². The molecule has 0 radical (unpaired) electrons. The highest BCUT2D eigenvalue weighted by Crippen LogP contribution is 2.17. The maximum Gasteiger partial charge on any atom is 0.341 e. The van der Waals surface area contributed by atoms with Gasteiger partial charge in [-0.2, -0.15) is 0 Å². The lowest BCUT2D eigenvalue weighted by atomic mass is 10.2. The van der Waals surface area contributed by atoms with E-state index >= 15 is 0 Å². The van der Waals surface area contributed by atoms with Crippen molar-refractivity contribution in [1.29, 1.82) is 0 Å². The van der Waals surface area contributed by atoms with E-state index in [9.17, 15) is 18.8 Å². The first-order valence-electron chi connectivity index (χ1n) is 7.41. The molecular weight excluding hydrogens is 387 g/mol. The molecule has 10 heteroatoms. The molecule has 0 aliphatic carbocycles. The van der Waals surface area contributed by atoms with Gasteiger partial charge in [0.1, 0.15) is 5.82 Å². The van der Waals surface area contributed by atoms with Gasteiger partial charge in [-0.05, 0) is 25.1 Å². The number of nitrogens with zero attached hydrogens (tertiary/aromatic N) is 1. The molecule has 0 spiro atoms. The second-order valence-electron chi connectivity index (χ2n) is 4.87. The minimum absolute atomic E-state index is 0.0107. The van der Waals surface area contributed by atoms with Crippen LogP contribution < -0.4 is 5.32 Å². The van der Waals surface area contributed by atoms with Gasteiger partial charge in [0.15, 0.2) is 11.7 Å². The van der Waals surface area contributed by atoms with Gasteiger partial charge < -0.3 is 9.47 Å². The fourth-order valence-corrected chi connectivity index (χ4v) is 2.72. The third-order valence-electron chi connectivity index (χ3n) is 2.91. The molecule has 2 aromatic rings. The summed E-state index contributed by atoms with van der Waals surface area (Å²) in [6, 6.07) is 3.43. The van der Waals surface area contributed by atoms with Crippen LogP contribution in [0, 0.1) is 5.82 Å². The molecule has 0 saturated carbocycles. The lowest BCUT2D eigenvalue weighted by Gasteiger charge is -2.06. The molecule has 138 valence electrons. The molecule has 0 bridgehead atoms. The van der Waals surface area contributed by atoms with Crippen molar-refractivity contribution in [3.05, 3.63) is 45.7 Å². The molecule has 7 nitrogen and oxygen atoms in total. The first-order valence-corrected chi connectivity index (χ1v) is 8.67. The van der Waals surface area contributed by atoms with E-state index in [1.807, 2.05) is 0 Å². The Bertz CT molecular complexity index is 827. The van der Waals surface area contributed by atoms with Gasteiger partial charge in [0, 0.05) is 10.4 Å². The number of ether oxygens (including phenoxy) is 2. The second-order valence-corrected chi connectivity index (χ2v) is 6.17. The van der Waals surface area contributed by atoms with Crippen LogP contribution in [0.25, 0.3) is 0 Å². The highest BCUT2D eigenvalue weighted by atomic mass is 35.5. The zero-order valence-corrected chi connectivity index (χ0v) is 15.2. The molecule has 0 atom stereocenters. The zero-order valence-electron chi connectivity index (χ0n) is 13.6. The van der Waals surface area contributed by atoms with E-state index < -0.39 is 30.3 Å². The largest absolute Gasteiger partial charge is 0.466 e. The van der Waals surface area contributed by atoms with Crippen LogP contribution in [0.1, 0.15) is 23.0 Å². The lowest BCUT2D eigenvalue weighted by Crippen LogP contribution is -2.21. The molecule has 1 aromatic heterocycles. The fraction of sp³-hybridized carbons (Fsp3) is 0.250. The number of anilines is 1. The smallest absolute Gasteiger partial charge is 0.341 e. The maximum absolute atomic E-state index is 13.5. The lowest BCUT2D eigenvalue weighted by molar-refractivity contribution is -0.142. The van der Waals surface area contributed by atoms with Crippen LogP contribution in [0.2, 0.25) is 5.02 Å². The number of aromatic nitrogens is 1. The number of carbonyl (C=O) groups excluding carboxylic acids is 3. The summed E-state index contributed by atoms with van der Waals surface area (Å²) in [6.45, 7) is 1.34. The standard InChI is InChI=1S/C16H14ClFN2O5S/c1-2-24-14(22)6-10-8-26-16(19-10)20-13(21)7-25-15(23)11-5-9(17)3-4-12(11)18/h3-5,8H,2,6-7H2,1H3,(H,19,20,21). The van der Waals surface area contributed by atoms with Gasteiger partial charge in [-0.1, -0.05) is 11.6 Å². The predicted molar refractivity (Wildman–Crippen MR) is 92.8 cm³/mol. The molecule has 1 N–H and O–H groups in total. The Kier molecular flexibility index (Phi) is 7.05. The molecule has 0 unspecified atom stereocenters. The zero-order chi connectivity index (χ0) is 19.1. The number of rotatable bonds is 7. The van der Waals surface area contributed by atoms with Gasteiger partial charge in [0.25, 0.3) is 5.91 Å². The number of amides is 1. The minimum Gasteiger partial charge on any atom is -0.466 e. The van der Waals surface area contributed by atoms with Gasteiger partial charge in [-0.3, -0.25) is 14.9 Å². The van der Waals surface area contributed by atoms with Crippen LogP contribution in [0.5, 0.6) is 0 Å². The van der Waals surface area contributed by atoms with E-state index in [-0.39, 0.29) is 28.7 Å². The summed E-state index contributed by atoms with van der Waals surface area (Å²) in [5.74, 6) is -2.89. The quantitative estimate of drug-likeness (QED) is 0.718. The van der Waals surface area contributed by atoms with Crippen molar-refractivity contribution >= 4 is 45.9 Å². The summed E-state index contributed by atoms with van der Waals surface area (Å²) in [5.41, 5.74) is 0.0815. The molecule has 0 fully saturated rings. The Hall–Kier alpha value is -2.52. The van der Waals surface area contributed by atoms with E-state index in [4.69, 9.17) is 21.1 Å². The van der Waals surface area contributed by atoms with Crippen LogP contribution in [0.3, 0.4) is 0 Å². The molecule has 0 saturated heterocycles. The van der Waals surface area contributed by atoms with Crippen molar-refractivity contribution in [2.24, 2.45) is 0 Å². The van der Waals surface area contributed by atoms with Crippen molar-refractivity contribution in [3.63, 3.8) is 0 Å². The van der Waals surface area contributed by atoms with E-state index in [0.717, 1.165) is 23.5 Å². The normalized spacial score (nSPS) is 10.3. The molecule has 1 aromatic carbocycles. The van der Waals surface area contributed by atoms with Crippen LogP contribution >= 0.6 is 22.9 Å². The van der Waals surface area contributed by atoms with Crippen LogP contribution in [0.15, 0.2) is 23.6 Å². The maximum atomic E-state index is 13.5. The Morgan fingerprint density at radius 2 is 2.08 bits per heavy atom. The molecule has 1 amide bonds. The van der Waals surface area contributed by atoms with Crippen molar-refractivity contribution in [2.45, 2.75) is 13.3 Å². The number of esters is 2. The number of nitrogens with one attached hydrogen (secondary N) is 1. The molecular formula is C16H14ClFN2O5S. The van der Waals surface area contributed by atoms with Gasteiger partial charge >= 0.3 is 11.9 Å². The van der Waals surface area contributed by atoms with Gasteiger partial charge in [-0.25, -0.2) is 14.2 Å². The molecule has 1 heterocycles. The summed E-state index contributed by atoms with van der Waals surface area (Å²) >= 11 is 6.80. The van der Waals surface area contributed by atoms with E-state index in [1.165, 1.54) is 6.07 Å². The first kappa shape index (κ1) is 19.8. The third kappa shape index (κ3) is 5.78. The van der Waals surface area contributed by atoms with Crippen LogP contribution in [-0.4, -0.2) is 36.0 Å². The monoisotopic (exact) mass is 400 g/mol. The molecule has 26 heavy (non-hydrogen) atoms. The Morgan fingerprint density at radius 3 is 2.81 bits per heavy atom. The summed E-state index contributed by atoms with van der Waals surface area (Å²) in [7, 11) is 0.